The molecule has 0 aliphatic carbocycles. The summed E-state index contributed by atoms with van der Waals surface area (Å²) in [6.45, 7) is 5.30. The highest BCUT2D eigenvalue weighted by atomic mass is 16.5. The molecule has 0 saturated carbocycles. The normalized spacial score (nSPS) is 18.9. The number of anilines is 1. The lowest BCUT2D eigenvalue weighted by Gasteiger charge is -2.27. The molecule has 3 aromatic rings. The Balaban J connectivity index is 1.71. The lowest BCUT2D eigenvalue weighted by molar-refractivity contribution is 0.122. The highest BCUT2D eigenvalue weighted by Gasteiger charge is 2.22. The van der Waals surface area contributed by atoms with Crippen LogP contribution in [0.25, 0.3) is 27.9 Å². The Labute approximate surface area is 174 Å². The first-order valence-corrected chi connectivity index (χ1v) is 10.2. The van der Waals surface area contributed by atoms with E-state index in [0.717, 1.165) is 65.3 Å². The zero-order valence-corrected chi connectivity index (χ0v) is 16.6. The summed E-state index contributed by atoms with van der Waals surface area (Å²) in [5, 5.41) is 14.9. The standard InChI is InChI=1S/C21H24N8O/c22-11-15(17-13-24-5-6-25-17)16-12-26-20-18(14-1-3-23-4-2-14)27-21(28-19(16)20)29-7-9-30-10-8-29/h1-4,11-12,22,24-26H,5-10,13H2/b17-15+,22-11?. The van der Waals surface area contributed by atoms with Gasteiger partial charge in [-0.05, 0) is 12.1 Å². The molecule has 154 valence electrons. The summed E-state index contributed by atoms with van der Waals surface area (Å²) in [5.41, 5.74) is 6.22. The van der Waals surface area contributed by atoms with Gasteiger partial charge in [0.2, 0.25) is 5.95 Å². The molecule has 30 heavy (non-hydrogen) atoms. The van der Waals surface area contributed by atoms with Crippen LogP contribution in [0.1, 0.15) is 5.56 Å². The number of aromatic amines is 1. The van der Waals surface area contributed by atoms with Gasteiger partial charge < -0.3 is 30.7 Å². The van der Waals surface area contributed by atoms with Gasteiger partial charge in [0.05, 0.1) is 18.7 Å². The van der Waals surface area contributed by atoms with Crippen LogP contribution in [0.15, 0.2) is 36.4 Å². The van der Waals surface area contributed by atoms with Crippen molar-refractivity contribution in [2.45, 2.75) is 0 Å². The van der Waals surface area contributed by atoms with Crippen LogP contribution in [0.2, 0.25) is 0 Å². The van der Waals surface area contributed by atoms with Gasteiger partial charge in [-0.1, -0.05) is 0 Å². The number of hydrogen-bond acceptors (Lipinski definition) is 8. The molecule has 0 aromatic carbocycles. The monoisotopic (exact) mass is 404 g/mol. The van der Waals surface area contributed by atoms with Crippen LogP contribution in [-0.4, -0.2) is 72.1 Å². The molecule has 2 aliphatic heterocycles. The number of morpholine rings is 1. The predicted octanol–water partition coefficient (Wildman–Crippen LogP) is 1.41. The van der Waals surface area contributed by atoms with Gasteiger partial charge in [0, 0.05) is 79.9 Å². The summed E-state index contributed by atoms with van der Waals surface area (Å²) in [7, 11) is 0. The fraction of sp³-hybridized carbons (Fsp3) is 0.333. The Bertz CT molecular complexity index is 1080. The van der Waals surface area contributed by atoms with E-state index < -0.39 is 0 Å². The number of ether oxygens (including phenoxy) is 1. The largest absolute Gasteiger partial charge is 0.385 e. The topological polar surface area (TPSA) is 115 Å². The SMILES string of the molecule is N=C/C(=C1/CNCCN1)c1c[nH]c2c(-c3ccncc3)nc(N3CCOCC3)nc12. The van der Waals surface area contributed by atoms with Crippen LogP contribution in [0, 0.1) is 5.41 Å². The summed E-state index contributed by atoms with van der Waals surface area (Å²) in [5.74, 6) is 0.683. The Morgan fingerprint density at radius 2 is 1.97 bits per heavy atom. The highest BCUT2D eigenvalue weighted by Crippen LogP contribution is 2.32. The maximum atomic E-state index is 8.07. The second kappa shape index (κ2) is 8.21. The van der Waals surface area contributed by atoms with Crippen molar-refractivity contribution in [3.63, 3.8) is 0 Å². The van der Waals surface area contributed by atoms with Crippen LogP contribution in [0.4, 0.5) is 5.95 Å². The molecule has 0 bridgehead atoms. The van der Waals surface area contributed by atoms with Crippen LogP contribution < -0.4 is 15.5 Å². The van der Waals surface area contributed by atoms with Gasteiger partial charge in [-0.25, -0.2) is 9.97 Å². The van der Waals surface area contributed by atoms with E-state index in [1.807, 2.05) is 18.3 Å². The number of piperazine rings is 1. The molecule has 5 rings (SSSR count). The van der Waals surface area contributed by atoms with E-state index >= 15 is 0 Å². The minimum absolute atomic E-state index is 0.664. The Kier molecular flexibility index (Phi) is 5.12. The van der Waals surface area contributed by atoms with E-state index in [4.69, 9.17) is 20.1 Å². The molecule has 2 fully saturated rings. The number of aromatic nitrogens is 4. The smallest absolute Gasteiger partial charge is 0.226 e. The number of rotatable bonds is 4. The third-order valence-corrected chi connectivity index (χ3v) is 5.46. The molecule has 0 unspecified atom stereocenters. The summed E-state index contributed by atoms with van der Waals surface area (Å²) < 4.78 is 5.50. The molecular formula is C21H24N8O. The van der Waals surface area contributed by atoms with Crippen LogP contribution in [-0.2, 0) is 4.74 Å². The number of nitrogens with one attached hydrogen (secondary N) is 4. The van der Waals surface area contributed by atoms with Crippen LogP contribution >= 0.6 is 0 Å². The zero-order valence-electron chi connectivity index (χ0n) is 16.6. The molecule has 2 saturated heterocycles. The van der Waals surface area contributed by atoms with Gasteiger partial charge in [0.1, 0.15) is 11.2 Å². The van der Waals surface area contributed by atoms with Crippen LogP contribution in [0.3, 0.4) is 0 Å². The van der Waals surface area contributed by atoms with Crippen molar-refractivity contribution in [2.75, 3.05) is 50.8 Å². The van der Waals surface area contributed by atoms with Gasteiger partial charge >= 0.3 is 0 Å². The molecule has 0 radical (unpaired) electrons. The first-order chi connectivity index (χ1) is 14.8. The molecular weight excluding hydrogens is 380 g/mol. The average Bonchev–Trinajstić information content (AvgIpc) is 3.25. The average molecular weight is 404 g/mol. The van der Waals surface area contributed by atoms with Gasteiger partial charge in [-0.2, -0.15) is 0 Å². The van der Waals surface area contributed by atoms with Gasteiger partial charge in [-0.15, -0.1) is 0 Å². The fourth-order valence-corrected chi connectivity index (χ4v) is 3.92. The molecule has 5 heterocycles. The third kappa shape index (κ3) is 3.42. The van der Waals surface area contributed by atoms with E-state index in [1.54, 1.807) is 12.4 Å². The van der Waals surface area contributed by atoms with Crippen molar-refractivity contribution in [1.82, 2.24) is 30.6 Å². The summed E-state index contributed by atoms with van der Waals surface area (Å²) >= 11 is 0. The quantitative estimate of drug-likeness (QED) is 0.486. The number of hydrogen-bond donors (Lipinski definition) is 4. The minimum atomic E-state index is 0.664. The molecule has 3 aromatic heterocycles. The molecule has 2 aliphatic rings. The first kappa shape index (κ1) is 18.7. The van der Waals surface area contributed by atoms with Crippen molar-refractivity contribution in [3.05, 3.63) is 42.0 Å². The van der Waals surface area contributed by atoms with Gasteiger partial charge in [-0.3, -0.25) is 4.98 Å². The van der Waals surface area contributed by atoms with Gasteiger partial charge in [0.15, 0.2) is 0 Å². The molecule has 9 heteroatoms. The first-order valence-electron chi connectivity index (χ1n) is 10.2. The third-order valence-electron chi connectivity index (χ3n) is 5.46. The van der Waals surface area contributed by atoms with Crippen molar-refractivity contribution in [3.8, 4) is 11.3 Å². The summed E-state index contributed by atoms with van der Waals surface area (Å²) in [6, 6.07) is 3.90. The van der Waals surface area contributed by atoms with Crippen LogP contribution in [0.5, 0.6) is 0 Å². The second-order valence-electron chi connectivity index (χ2n) is 7.27. The van der Waals surface area contributed by atoms with Crippen molar-refractivity contribution in [2.24, 2.45) is 0 Å². The van der Waals surface area contributed by atoms with E-state index in [9.17, 15) is 0 Å². The number of allylic oxidation sites excluding steroid dienone is 1. The molecule has 4 N–H and O–H groups in total. The highest BCUT2D eigenvalue weighted by molar-refractivity contribution is 6.15. The number of H-pyrrole nitrogens is 1. The Morgan fingerprint density at radius 3 is 2.70 bits per heavy atom. The number of fused-ring (bicyclic) bond motifs is 1. The van der Waals surface area contributed by atoms with E-state index in [0.29, 0.717) is 25.7 Å². The number of pyridine rings is 1. The maximum absolute atomic E-state index is 8.07. The van der Waals surface area contributed by atoms with E-state index in [1.165, 1.54) is 6.21 Å². The van der Waals surface area contributed by atoms with Gasteiger partial charge in [0.25, 0.3) is 0 Å². The number of nitrogens with zero attached hydrogens (tertiary/aromatic N) is 4. The molecule has 0 atom stereocenters. The molecule has 0 amide bonds. The lowest BCUT2D eigenvalue weighted by Crippen LogP contribution is -2.39. The van der Waals surface area contributed by atoms with Crippen molar-refractivity contribution in [1.29, 1.82) is 5.41 Å². The lowest BCUT2D eigenvalue weighted by atomic mass is 10.0. The minimum Gasteiger partial charge on any atom is -0.385 e. The Morgan fingerprint density at radius 1 is 1.13 bits per heavy atom. The van der Waals surface area contributed by atoms with E-state index in [2.05, 4.69) is 25.5 Å². The zero-order chi connectivity index (χ0) is 20.3. The summed E-state index contributed by atoms with van der Waals surface area (Å²) in [4.78, 5) is 19.5. The van der Waals surface area contributed by atoms with E-state index in [-0.39, 0.29) is 0 Å². The summed E-state index contributed by atoms with van der Waals surface area (Å²) in [6.07, 6.45) is 6.87. The van der Waals surface area contributed by atoms with Crippen molar-refractivity contribution < 1.29 is 4.74 Å². The Hall–Kier alpha value is -3.30. The maximum Gasteiger partial charge on any atom is 0.226 e. The predicted molar refractivity (Wildman–Crippen MR) is 117 cm³/mol. The molecule has 0 spiro atoms. The van der Waals surface area contributed by atoms with Crippen molar-refractivity contribution >= 4 is 28.8 Å². The second-order valence-corrected chi connectivity index (χ2v) is 7.27. The fourth-order valence-electron chi connectivity index (χ4n) is 3.92. The molecule has 9 nitrogen and oxygen atoms in total.